The third kappa shape index (κ3) is 3.32. The van der Waals surface area contributed by atoms with Crippen molar-refractivity contribution in [3.8, 4) is 11.1 Å². The summed E-state index contributed by atoms with van der Waals surface area (Å²) in [5.74, 6) is -0.0921. The zero-order chi connectivity index (χ0) is 29.5. The highest BCUT2D eigenvalue weighted by Crippen LogP contribution is 2.42. The van der Waals surface area contributed by atoms with E-state index in [1.54, 1.807) is 12.1 Å². The number of pyridine rings is 2. The number of Topliss-reactive ketones (excluding diaryl/α,β-unsaturated/α-hetero) is 1. The number of fused-ring (bicyclic) bond motifs is 6. The molecule has 0 saturated heterocycles. The van der Waals surface area contributed by atoms with Crippen LogP contribution in [0.3, 0.4) is 0 Å². The predicted molar refractivity (Wildman–Crippen MR) is 178 cm³/mol. The lowest BCUT2D eigenvalue weighted by Gasteiger charge is -2.41. The van der Waals surface area contributed by atoms with E-state index in [1.165, 1.54) is 4.40 Å². The Labute approximate surface area is 251 Å². The molecule has 5 nitrogen and oxygen atoms in total. The second-order valence-electron chi connectivity index (χ2n) is 11.5. The third-order valence-electron chi connectivity index (χ3n) is 9.25. The molecule has 0 bridgehead atoms. The van der Waals surface area contributed by atoms with Crippen LogP contribution in [0.25, 0.3) is 49.0 Å². The van der Waals surface area contributed by atoms with E-state index >= 15 is 0 Å². The molecule has 0 saturated carbocycles. The van der Waals surface area contributed by atoms with Crippen LogP contribution in [-0.2, 0) is 0 Å². The number of anilines is 2. The van der Waals surface area contributed by atoms with Crippen molar-refractivity contribution in [1.82, 2.24) is 4.40 Å². The lowest BCUT2D eigenvalue weighted by molar-refractivity contribution is 0.0931. The third-order valence-corrected chi connectivity index (χ3v) is 9.25. The first-order chi connectivity index (χ1) is 21.6. The standard InChI is InChI=1S/C39H24N2O3/c42-37-30-13-5-7-15-34(30)40(35-16-8-6-14-31(35)37)25-19-17-23(18-20-25)24-21-32-26-9-1-3-11-28(26)38(43)41-36(32)33(22-24)27-10-2-4-12-29(27)39(41)44/h1-22,30,34H. The summed E-state index contributed by atoms with van der Waals surface area (Å²) >= 11 is 0. The van der Waals surface area contributed by atoms with Gasteiger partial charge in [-0.2, -0.15) is 0 Å². The number of ketones is 1. The van der Waals surface area contributed by atoms with E-state index in [0.717, 1.165) is 49.6 Å². The van der Waals surface area contributed by atoms with Gasteiger partial charge in [0.1, 0.15) is 0 Å². The van der Waals surface area contributed by atoms with Crippen molar-refractivity contribution < 1.29 is 4.79 Å². The summed E-state index contributed by atoms with van der Waals surface area (Å²) in [6, 6.07) is 35.3. The Morgan fingerprint density at radius 1 is 0.523 bits per heavy atom. The summed E-state index contributed by atoms with van der Waals surface area (Å²) in [6.07, 6.45) is 8.06. The van der Waals surface area contributed by atoms with Crippen LogP contribution in [0.15, 0.2) is 143 Å². The van der Waals surface area contributed by atoms with Crippen LogP contribution in [0.1, 0.15) is 10.4 Å². The first-order valence-corrected chi connectivity index (χ1v) is 14.7. The highest BCUT2D eigenvalue weighted by molar-refractivity contribution is 6.19. The maximum atomic E-state index is 13.6. The van der Waals surface area contributed by atoms with Crippen molar-refractivity contribution in [1.29, 1.82) is 0 Å². The number of aromatic nitrogens is 1. The first kappa shape index (κ1) is 24.8. The van der Waals surface area contributed by atoms with Gasteiger partial charge in [-0.1, -0.05) is 85.0 Å². The minimum Gasteiger partial charge on any atom is -0.333 e. The van der Waals surface area contributed by atoms with Crippen LogP contribution in [-0.4, -0.2) is 16.2 Å². The molecule has 0 fully saturated rings. The molecule has 3 heterocycles. The van der Waals surface area contributed by atoms with E-state index in [1.807, 2.05) is 78.9 Å². The number of carbonyl (C=O) groups is 1. The lowest BCUT2D eigenvalue weighted by Crippen LogP contribution is -2.44. The van der Waals surface area contributed by atoms with Crippen LogP contribution in [0.5, 0.6) is 0 Å². The fraction of sp³-hybridized carbons (Fsp3) is 0.0513. The minimum absolute atomic E-state index is 0.101. The Morgan fingerprint density at radius 3 is 1.75 bits per heavy atom. The molecule has 1 aliphatic heterocycles. The van der Waals surface area contributed by atoms with Crippen LogP contribution in [0.2, 0.25) is 0 Å². The molecule has 1 aliphatic carbocycles. The van der Waals surface area contributed by atoms with Crippen LogP contribution < -0.4 is 16.0 Å². The number of benzene rings is 5. The summed E-state index contributed by atoms with van der Waals surface area (Å²) in [5, 5.41) is 4.43. The smallest absolute Gasteiger partial charge is 0.266 e. The van der Waals surface area contributed by atoms with Crippen molar-refractivity contribution in [3.63, 3.8) is 0 Å². The van der Waals surface area contributed by atoms with Crippen LogP contribution in [0.4, 0.5) is 11.4 Å². The summed E-state index contributed by atoms with van der Waals surface area (Å²) in [7, 11) is 0. The molecular formula is C39H24N2O3. The van der Waals surface area contributed by atoms with E-state index < -0.39 is 0 Å². The Balaban J connectivity index is 1.27. The average molecular weight is 569 g/mol. The van der Waals surface area contributed by atoms with Gasteiger partial charge in [0, 0.05) is 32.8 Å². The minimum atomic E-state index is -0.295. The maximum absolute atomic E-state index is 13.6. The molecule has 2 aromatic heterocycles. The predicted octanol–water partition coefficient (Wildman–Crippen LogP) is 7.67. The maximum Gasteiger partial charge on any atom is 0.266 e. The van der Waals surface area contributed by atoms with Gasteiger partial charge in [-0.3, -0.25) is 14.4 Å². The number of rotatable bonds is 2. The van der Waals surface area contributed by atoms with Gasteiger partial charge >= 0.3 is 0 Å². The molecule has 44 heavy (non-hydrogen) atoms. The van der Waals surface area contributed by atoms with Gasteiger partial charge < -0.3 is 4.90 Å². The number of hydrogen-bond acceptors (Lipinski definition) is 4. The number of para-hydroxylation sites is 1. The molecule has 0 spiro atoms. The molecule has 208 valence electrons. The molecule has 0 N–H and O–H groups in total. The monoisotopic (exact) mass is 568 g/mol. The van der Waals surface area contributed by atoms with Crippen molar-refractivity contribution >= 4 is 55.0 Å². The quantitative estimate of drug-likeness (QED) is 0.159. The molecule has 2 atom stereocenters. The number of hydrogen-bond donors (Lipinski definition) is 0. The Hall–Kier alpha value is -5.81. The first-order valence-electron chi connectivity index (χ1n) is 14.7. The highest BCUT2D eigenvalue weighted by atomic mass is 16.2. The molecule has 9 rings (SSSR count). The normalized spacial score (nSPS) is 17.5. The second-order valence-corrected chi connectivity index (χ2v) is 11.5. The van der Waals surface area contributed by atoms with E-state index in [9.17, 15) is 14.4 Å². The Morgan fingerprint density at radius 2 is 1.09 bits per heavy atom. The fourth-order valence-corrected chi connectivity index (χ4v) is 7.24. The van der Waals surface area contributed by atoms with Crippen molar-refractivity contribution in [2.45, 2.75) is 6.04 Å². The molecular weight excluding hydrogens is 544 g/mol. The van der Waals surface area contributed by atoms with E-state index in [4.69, 9.17) is 0 Å². The van der Waals surface area contributed by atoms with E-state index in [0.29, 0.717) is 16.3 Å². The van der Waals surface area contributed by atoms with Gasteiger partial charge in [0.2, 0.25) is 0 Å². The molecule has 0 radical (unpaired) electrons. The van der Waals surface area contributed by atoms with Gasteiger partial charge in [-0.05, 0) is 70.4 Å². The van der Waals surface area contributed by atoms with Crippen molar-refractivity contribution in [2.75, 3.05) is 4.90 Å². The number of allylic oxidation sites excluding steroid dienone is 2. The summed E-state index contributed by atoms with van der Waals surface area (Å²) < 4.78 is 1.35. The van der Waals surface area contributed by atoms with Gasteiger partial charge in [0.15, 0.2) is 5.78 Å². The fourth-order valence-electron chi connectivity index (χ4n) is 7.24. The zero-order valence-corrected chi connectivity index (χ0v) is 23.5. The van der Waals surface area contributed by atoms with Gasteiger partial charge in [-0.15, -0.1) is 0 Å². The summed E-state index contributed by atoms with van der Waals surface area (Å²) in [4.78, 5) is 42.9. The Bertz CT molecular complexity index is 2420. The number of carbonyl (C=O) groups excluding carboxylic acids is 1. The summed E-state index contributed by atoms with van der Waals surface area (Å²) in [6.45, 7) is 0. The molecule has 5 aromatic carbocycles. The van der Waals surface area contributed by atoms with Crippen LogP contribution in [0, 0.1) is 5.92 Å². The van der Waals surface area contributed by atoms with Crippen LogP contribution >= 0.6 is 0 Å². The van der Waals surface area contributed by atoms with Gasteiger partial charge in [0.25, 0.3) is 11.1 Å². The van der Waals surface area contributed by atoms with E-state index in [2.05, 4.69) is 47.4 Å². The number of nitrogens with zero attached hydrogens (tertiary/aromatic N) is 2. The SMILES string of the molecule is O=C1c2ccccc2N(c2ccc(-c3cc4c5ccccc5c(=O)n5c(=O)c6ccccc6c(c3)c45)cc2)C2C=CC=CC12. The molecule has 7 aromatic rings. The molecule has 2 unspecified atom stereocenters. The zero-order valence-electron chi connectivity index (χ0n) is 23.5. The van der Waals surface area contributed by atoms with Crippen molar-refractivity contribution in [2.24, 2.45) is 5.92 Å². The molecule has 2 aliphatic rings. The van der Waals surface area contributed by atoms with Gasteiger partial charge in [0.05, 0.1) is 23.2 Å². The topological polar surface area (TPSA) is 58.9 Å². The summed E-state index contributed by atoms with van der Waals surface area (Å²) in [5.41, 5.74) is 4.71. The Kier molecular flexibility index (Phi) is 5.12. The lowest BCUT2D eigenvalue weighted by atomic mass is 9.81. The van der Waals surface area contributed by atoms with Crippen molar-refractivity contribution in [3.05, 3.63) is 160 Å². The average Bonchev–Trinajstić information content (AvgIpc) is 3.08. The van der Waals surface area contributed by atoms with E-state index in [-0.39, 0.29) is 28.9 Å². The van der Waals surface area contributed by atoms with Gasteiger partial charge in [-0.25, -0.2) is 4.40 Å². The largest absolute Gasteiger partial charge is 0.333 e. The second kappa shape index (κ2) is 9.09. The molecule has 0 amide bonds. The molecule has 5 heteroatoms. The highest BCUT2D eigenvalue weighted by Gasteiger charge is 2.38.